The lowest BCUT2D eigenvalue weighted by Gasteiger charge is -2.24. The zero-order valence-corrected chi connectivity index (χ0v) is 12.2. The monoisotopic (exact) mass is 273 g/mol. The number of nitrogens with zero attached hydrogens (tertiary/aromatic N) is 4. The second-order valence-electron chi connectivity index (χ2n) is 5.59. The van der Waals surface area contributed by atoms with Crippen LogP contribution in [0.5, 0.6) is 0 Å². The molecule has 1 aliphatic heterocycles. The first-order valence-corrected chi connectivity index (χ1v) is 7.77. The van der Waals surface area contributed by atoms with Gasteiger partial charge in [-0.3, -0.25) is 0 Å². The third kappa shape index (κ3) is 2.82. The maximum atomic E-state index is 4.75. The second-order valence-corrected chi connectivity index (χ2v) is 5.59. The van der Waals surface area contributed by atoms with Crippen LogP contribution in [0.1, 0.15) is 50.9 Å². The van der Waals surface area contributed by atoms with Crippen LogP contribution in [0.25, 0.3) is 11.2 Å². The fourth-order valence-electron chi connectivity index (χ4n) is 2.87. The van der Waals surface area contributed by atoms with E-state index >= 15 is 0 Å². The summed E-state index contributed by atoms with van der Waals surface area (Å²) in [6.45, 7) is 4.38. The van der Waals surface area contributed by atoms with Gasteiger partial charge in [0.15, 0.2) is 5.65 Å². The van der Waals surface area contributed by atoms with Gasteiger partial charge in [0.25, 0.3) is 0 Å². The molecule has 0 amide bonds. The first kappa shape index (κ1) is 13.5. The summed E-state index contributed by atoms with van der Waals surface area (Å²) >= 11 is 0. The molecular formula is C15H23N5. The van der Waals surface area contributed by atoms with Crippen LogP contribution in [0.3, 0.4) is 0 Å². The summed E-state index contributed by atoms with van der Waals surface area (Å²) in [7, 11) is 0. The molecule has 2 aromatic heterocycles. The Morgan fingerprint density at radius 3 is 2.90 bits per heavy atom. The molecule has 1 N–H and O–H groups in total. The van der Waals surface area contributed by atoms with Crippen molar-refractivity contribution in [3.63, 3.8) is 0 Å². The van der Waals surface area contributed by atoms with Gasteiger partial charge in [-0.05, 0) is 32.4 Å². The molecule has 0 saturated carbocycles. The molecule has 5 heteroatoms. The van der Waals surface area contributed by atoms with Crippen LogP contribution in [-0.2, 0) is 6.42 Å². The average molecular weight is 273 g/mol. The van der Waals surface area contributed by atoms with Crippen molar-refractivity contribution in [2.24, 2.45) is 0 Å². The largest absolute Gasteiger partial charge is 0.317 e. The van der Waals surface area contributed by atoms with Gasteiger partial charge in [0.1, 0.15) is 11.3 Å². The minimum atomic E-state index is 0.527. The maximum absolute atomic E-state index is 4.75. The zero-order valence-electron chi connectivity index (χ0n) is 12.2. The molecule has 0 aliphatic carbocycles. The predicted molar refractivity (Wildman–Crippen MR) is 79.7 cm³/mol. The first-order valence-electron chi connectivity index (χ1n) is 7.77. The molecule has 1 saturated heterocycles. The van der Waals surface area contributed by atoms with Crippen molar-refractivity contribution < 1.29 is 0 Å². The van der Waals surface area contributed by atoms with Crippen molar-refractivity contribution in [2.45, 2.75) is 51.5 Å². The molecule has 0 bridgehead atoms. The standard InChI is InChI=1S/C15H23N5/c1-2-3-4-5-14-17-10-13-15(19-14)20(11-18-13)12-6-8-16-9-7-12/h10-12,16H,2-9H2,1H3. The minimum Gasteiger partial charge on any atom is -0.317 e. The number of hydrogen-bond acceptors (Lipinski definition) is 4. The molecule has 0 aromatic carbocycles. The van der Waals surface area contributed by atoms with Crippen LogP contribution < -0.4 is 5.32 Å². The van der Waals surface area contributed by atoms with E-state index in [0.717, 1.165) is 49.3 Å². The summed E-state index contributed by atoms with van der Waals surface area (Å²) in [6.07, 6.45) is 10.7. The summed E-state index contributed by atoms with van der Waals surface area (Å²) in [5.74, 6) is 0.960. The number of fused-ring (bicyclic) bond motifs is 1. The number of unbranched alkanes of at least 4 members (excludes halogenated alkanes) is 2. The van der Waals surface area contributed by atoms with Gasteiger partial charge < -0.3 is 9.88 Å². The topological polar surface area (TPSA) is 55.6 Å². The van der Waals surface area contributed by atoms with E-state index in [-0.39, 0.29) is 0 Å². The van der Waals surface area contributed by atoms with Gasteiger partial charge in [-0.15, -0.1) is 0 Å². The number of nitrogens with one attached hydrogen (secondary N) is 1. The molecule has 0 unspecified atom stereocenters. The number of aryl methyl sites for hydroxylation is 1. The van der Waals surface area contributed by atoms with Crippen LogP contribution in [0.2, 0.25) is 0 Å². The van der Waals surface area contributed by atoms with Gasteiger partial charge >= 0.3 is 0 Å². The number of rotatable bonds is 5. The highest BCUT2D eigenvalue weighted by atomic mass is 15.1. The van der Waals surface area contributed by atoms with Crippen LogP contribution >= 0.6 is 0 Å². The highest BCUT2D eigenvalue weighted by Gasteiger charge is 2.18. The predicted octanol–water partition coefficient (Wildman–Crippen LogP) is 2.48. The van der Waals surface area contributed by atoms with Crippen LogP contribution in [0.15, 0.2) is 12.5 Å². The molecule has 20 heavy (non-hydrogen) atoms. The van der Waals surface area contributed by atoms with Crippen LogP contribution in [-0.4, -0.2) is 32.6 Å². The Bertz CT molecular complexity index is 556. The first-order chi connectivity index (χ1) is 9.88. The lowest BCUT2D eigenvalue weighted by molar-refractivity contribution is 0.373. The number of piperidine rings is 1. The van der Waals surface area contributed by atoms with E-state index in [1.165, 1.54) is 19.3 Å². The van der Waals surface area contributed by atoms with E-state index in [1.54, 1.807) is 0 Å². The molecule has 1 aliphatic rings. The van der Waals surface area contributed by atoms with Gasteiger partial charge in [-0.25, -0.2) is 15.0 Å². The maximum Gasteiger partial charge on any atom is 0.163 e. The highest BCUT2D eigenvalue weighted by Crippen LogP contribution is 2.22. The van der Waals surface area contributed by atoms with Crippen molar-refractivity contribution in [3.05, 3.63) is 18.3 Å². The van der Waals surface area contributed by atoms with E-state index < -0.39 is 0 Å². The molecule has 0 atom stereocenters. The van der Waals surface area contributed by atoms with Gasteiger partial charge in [-0.1, -0.05) is 19.8 Å². The lowest BCUT2D eigenvalue weighted by atomic mass is 10.1. The van der Waals surface area contributed by atoms with Crippen LogP contribution in [0.4, 0.5) is 0 Å². The van der Waals surface area contributed by atoms with Crippen molar-refractivity contribution in [2.75, 3.05) is 13.1 Å². The lowest BCUT2D eigenvalue weighted by Crippen LogP contribution is -2.29. The van der Waals surface area contributed by atoms with E-state index in [1.807, 2.05) is 12.5 Å². The number of imidazole rings is 1. The van der Waals surface area contributed by atoms with E-state index in [0.29, 0.717) is 6.04 Å². The van der Waals surface area contributed by atoms with Crippen molar-refractivity contribution in [3.8, 4) is 0 Å². The molecule has 3 rings (SSSR count). The Hall–Kier alpha value is -1.49. The summed E-state index contributed by atoms with van der Waals surface area (Å²) in [5.41, 5.74) is 1.93. The second kappa shape index (κ2) is 6.31. The Labute approximate surface area is 119 Å². The van der Waals surface area contributed by atoms with Crippen molar-refractivity contribution >= 4 is 11.2 Å². The normalized spacial score (nSPS) is 16.9. The SMILES string of the molecule is CCCCCc1ncc2ncn(C3CCNCC3)c2n1. The molecule has 0 spiro atoms. The summed E-state index contributed by atoms with van der Waals surface area (Å²) in [5, 5.41) is 3.40. The smallest absolute Gasteiger partial charge is 0.163 e. The van der Waals surface area contributed by atoms with E-state index in [9.17, 15) is 0 Å². The summed E-state index contributed by atoms with van der Waals surface area (Å²) in [6, 6.07) is 0.527. The highest BCUT2D eigenvalue weighted by molar-refractivity contribution is 5.69. The van der Waals surface area contributed by atoms with Crippen molar-refractivity contribution in [1.82, 2.24) is 24.8 Å². The summed E-state index contributed by atoms with van der Waals surface area (Å²) < 4.78 is 2.25. The van der Waals surface area contributed by atoms with E-state index in [2.05, 4.69) is 26.8 Å². The van der Waals surface area contributed by atoms with Gasteiger partial charge in [0.2, 0.25) is 0 Å². The van der Waals surface area contributed by atoms with Gasteiger partial charge in [0, 0.05) is 12.5 Å². The quantitative estimate of drug-likeness (QED) is 0.850. The zero-order chi connectivity index (χ0) is 13.8. The van der Waals surface area contributed by atoms with Crippen molar-refractivity contribution in [1.29, 1.82) is 0 Å². The van der Waals surface area contributed by atoms with E-state index in [4.69, 9.17) is 4.98 Å². The fraction of sp³-hybridized carbons (Fsp3) is 0.667. The molecule has 1 fully saturated rings. The summed E-state index contributed by atoms with van der Waals surface area (Å²) in [4.78, 5) is 13.6. The minimum absolute atomic E-state index is 0.527. The third-order valence-corrected chi connectivity index (χ3v) is 4.07. The Balaban J connectivity index is 1.83. The Morgan fingerprint density at radius 1 is 1.25 bits per heavy atom. The third-order valence-electron chi connectivity index (χ3n) is 4.07. The molecule has 108 valence electrons. The molecular weight excluding hydrogens is 250 g/mol. The molecule has 2 aromatic rings. The molecule has 3 heterocycles. The van der Waals surface area contributed by atoms with Gasteiger partial charge in [0.05, 0.1) is 12.5 Å². The van der Waals surface area contributed by atoms with Crippen LogP contribution in [0, 0.1) is 0 Å². The number of aromatic nitrogens is 4. The fourth-order valence-corrected chi connectivity index (χ4v) is 2.87. The van der Waals surface area contributed by atoms with Gasteiger partial charge in [-0.2, -0.15) is 0 Å². The molecule has 0 radical (unpaired) electrons. The molecule has 5 nitrogen and oxygen atoms in total. The number of hydrogen-bond donors (Lipinski definition) is 1. The average Bonchev–Trinajstić information content (AvgIpc) is 2.91. The Morgan fingerprint density at radius 2 is 2.10 bits per heavy atom. The Kier molecular flexibility index (Phi) is 4.25.